The smallest absolute Gasteiger partial charge is 0.130 e. The van der Waals surface area contributed by atoms with Crippen LogP contribution in [0, 0.1) is 0 Å². The lowest BCUT2D eigenvalue weighted by atomic mass is 10.0. The van der Waals surface area contributed by atoms with Crippen LogP contribution in [0.2, 0.25) is 0 Å². The maximum atomic E-state index is 6.94. The van der Waals surface area contributed by atoms with Crippen LogP contribution in [0.25, 0.3) is 0 Å². The summed E-state index contributed by atoms with van der Waals surface area (Å²) in [5.74, 6) is 0. The molecule has 0 aliphatic carbocycles. The molecule has 0 aromatic carbocycles. The number of rotatable bonds is 30. The number of unbranched alkanes of at least 4 members (excludes halogenated alkanes) is 8. The van der Waals surface area contributed by atoms with Crippen LogP contribution >= 0.6 is 0 Å². The molecule has 2 N–H and O–H groups in total. The van der Waals surface area contributed by atoms with E-state index in [0.29, 0.717) is 18.8 Å². The second-order valence-electron chi connectivity index (χ2n) is 12.7. The minimum Gasteiger partial charge on any atom is -1.00 e. The maximum Gasteiger partial charge on any atom is 0.130 e. The fourth-order valence-corrected chi connectivity index (χ4v) is 5.31. The van der Waals surface area contributed by atoms with Gasteiger partial charge in [-0.2, -0.15) is 0 Å². The number of hydrogen-bond acceptors (Lipinski definition) is 3. The zero-order valence-electron chi connectivity index (χ0n) is 28.5. The number of ether oxygens (including phenoxy) is 2. The lowest BCUT2D eigenvalue weighted by Crippen LogP contribution is -3.00. The summed E-state index contributed by atoms with van der Waals surface area (Å²) in [6.07, 6.45) is 33.3. The Bertz CT molecular complexity index is 582. The van der Waals surface area contributed by atoms with Crippen LogP contribution in [-0.2, 0) is 9.47 Å². The molecule has 1 unspecified atom stereocenters. The van der Waals surface area contributed by atoms with Gasteiger partial charge < -0.3 is 36.7 Å². The summed E-state index contributed by atoms with van der Waals surface area (Å²) in [5, 5.41) is 0. The Labute approximate surface area is 268 Å². The van der Waals surface area contributed by atoms with Gasteiger partial charge in [-0.1, -0.05) is 103 Å². The average Bonchev–Trinajstić information content (AvgIpc) is 2.94. The zero-order chi connectivity index (χ0) is 29.7. The van der Waals surface area contributed by atoms with Gasteiger partial charge in [-0.05, 0) is 70.8 Å². The predicted octanol–water partition coefficient (Wildman–Crippen LogP) is 6.77. The molecule has 0 aliphatic heterocycles. The average molecular weight is 646 g/mol. The van der Waals surface area contributed by atoms with Gasteiger partial charge in [0, 0.05) is 6.42 Å². The van der Waals surface area contributed by atoms with E-state index >= 15 is 0 Å². The van der Waals surface area contributed by atoms with Gasteiger partial charge in [-0.15, -0.1) is 0 Å². The van der Waals surface area contributed by atoms with E-state index in [1.54, 1.807) is 0 Å². The molecule has 5 heteroatoms. The Hall–Kier alpha value is -0.200. The van der Waals surface area contributed by atoms with Crippen molar-refractivity contribution in [1.82, 2.24) is 0 Å². The molecule has 0 spiro atoms. The van der Waals surface area contributed by atoms with Crippen LogP contribution in [0.3, 0.4) is 0 Å². The minimum absolute atomic E-state index is 0. The monoisotopic (exact) mass is 644 g/mol. The van der Waals surface area contributed by atoms with E-state index in [0.717, 1.165) is 56.2 Å². The molecule has 0 aromatic rings. The molecule has 0 aromatic heterocycles. The second-order valence-corrected chi connectivity index (χ2v) is 12.7. The number of nitrogens with two attached hydrogens (primary N) is 1. The Kier molecular flexibility index (Phi) is 32.7. The molecular formula is C36H73BrN2O2. The third-order valence-electron chi connectivity index (χ3n) is 7.90. The minimum atomic E-state index is 0. The first kappa shape index (κ1) is 42.9. The quantitative estimate of drug-likeness (QED) is 0.0533. The van der Waals surface area contributed by atoms with E-state index in [1.807, 2.05) is 0 Å². The van der Waals surface area contributed by atoms with Gasteiger partial charge in [-0.25, -0.2) is 0 Å². The van der Waals surface area contributed by atoms with Gasteiger partial charge in [-0.3, -0.25) is 0 Å². The summed E-state index contributed by atoms with van der Waals surface area (Å²) in [6.45, 7) is 12.6. The van der Waals surface area contributed by atoms with Crippen molar-refractivity contribution < 1.29 is 30.9 Å². The van der Waals surface area contributed by atoms with E-state index in [1.165, 1.54) is 89.9 Å². The summed E-state index contributed by atoms with van der Waals surface area (Å²) in [4.78, 5) is 0. The van der Waals surface area contributed by atoms with Crippen molar-refractivity contribution in [2.45, 2.75) is 168 Å². The van der Waals surface area contributed by atoms with E-state index in [-0.39, 0.29) is 23.1 Å². The van der Waals surface area contributed by atoms with Gasteiger partial charge in [0.15, 0.2) is 0 Å². The molecule has 41 heavy (non-hydrogen) atoms. The normalized spacial score (nSPS) is 14.5. The van der Waals surface area contributed by atoms with Crippen molar-refractivity contribution >= 4 is 0 Å². The molecule has 0 bridgehead atoms. The van der Waals surface area contributed by atoms with E-state index < -0.39 is 0 Å². The number of quaternary nitrogens is 1. The van der Waals surface area contributed by atoms with Crippen LogP contribution < -0.4 is 22.7 Å². The first-order valence-electron chi connectivity index (χ1n) is 17.5. The summed E-state index contributed by atoms with van der Waals surface area (Å²) >= 11 is 0. The zero-order valence-corrected chi connectivity index (χ0v) is 30.1. The third kappa shape index (κ3) is 28.3. The van der Waals surface area contributed by atoms with Crippen molar-refractivity contribution in [2.75, 3.05) is 40.3 Å². The lowest BCUT2D eigenvalue weighted by molar-refractivity contribution is -0.893. The molecule has 0 saturated carbocycles. The first-order valence-corrected chi connectivity index (χ1v) is 17.5. The van der Waals surface area contributed by atoms with Crippen molar-refractivity contribution in [3.05, 3.63) is 24.3 Å². The molecule has 0 radical (unpaired) electrons. The van der Waals surface area contributed by atoms with Gasteiger partial charge in [0.2, 0.25) is 0 Å². The summed E-state index contributed by atoms with van der Waals surface area (Å²) in [6, 6.07) is 0. The molecular weight excluding hydrogens is 572 g/mol. The summed E-state index contributed by atoms with van der Waals surface area (Å²) in [5.41, 5.74) is 5.87. The molecule has 246 valence electrons. The molecule has 3 atom stereocenters. The molecule has 0 aliphatic rings. The van der Waals surface area contributed by atoms with Crippen molar-refractivity contribution in [3.8, 4) is 0 Å². The number of likely N-dealkylation sites (N-methyl/N-ethyl adjacent to an activating group) is 1. The fourth-order valence-electron chi connectivity index (χ4n) is 5.31. The number of halogens is 1. The van der Waals surface area contributed by atoms with Gasteiger partial charge in [0.05, 0.1) is 39.5 Å². The highest BCUT2D eigenvalue weighted by atomic mass is 79.9. The van der Waals surface area contributed by atoms with Crippen molar-refractivity contribution in [3.63, 3.8) is 0 Å². The van der Waals surface area contributed by atoms with Crippen LogP contribution in [0.4, 0.5) is 0 Å². The molecule has 0 amide bonds. The standard InChI is InChI=1S/C36H73N2O2.BrH/c1-7-11-15-17-19-21-23-28-34(26-13-9-3)39-33-36(32-38(5,6)31-25-30-37)40-35(27-14-10-4)29-24-22-20-18-16-12-8-2;/h17-20,34-36H,7-16,21-33,37H2,1-6H3;1H/q+1;/p-1/t34-,35-,36?;/m1./s1. The highest BCUT2D eigenvalue weighted by molar-refractivity contribution is 4.82. The molecule has 0 saturated heterocycles. The number of allylic oxidation sites excluding steroid dienone is 4. The molecule has 4 nitrogen and oxygen atoms in total. The first-order chi connectivity index (χ1) is 19.4. The second kappa shape index (κ2) is 31.2. The Balaban J connectivity index is 0. The van der Waals surface area contributed by atoms with E-state index in [9.17, 15) is 0 Å². The lowest BCUT2D eigenvalue weighted by Gasteiger charge is -2.35. The maximum absolute atomic E-state index is 6.94. The van der Waals surface area contributed by atoms with Crippen LogP contribution in [0.5, 0.6) is 0 Å². The summed E-state index contributed by atoms with van der Waals surface area (Å²) < 4.78 is 14.6. The van der Waals surface area contributed by atoms with E-state index in [4.69, 9.17) is 15.2 Å². The largest absolute Gasteiger partial charge is 1.00 e. The van der Waals surface area contributed by atoms with Gasteiger partial charge in [0.1, 0.15) is 12.6 Å². The van der Waals surface area contributed by atoms with Crippen molar-refractivity contribution in [1.29, 1.82) is 0 Å². The Morgan fingerprint density at radius 1 is 0.585 bits per heavy atom. The van der Waals surface area contributed by atoms with Crippen molar-refractivity contribution in [2.24, 2.45) is 5.73 Å². The Morgan fingerprint density at radius 3 is 1.51 bits per heavy atom. The van der Waals surface area contributed by atoms with Gasteiger partial charge >= 0.3 is 0 Å². The summed E-state index contributed by atoms with van der Waals surface area (Å²) in [7, 11) is 4.65. The molecule has 0 heterocycles. The Morgan fingerprint density at radius 2 is 1.02 bits per heavy atom. The fraction of sp³-hybridized carbons (Fsp3) is 0.889. The topological polar surface area (TPSA) is 44.5 Å². The number of hydrogen-bond donors (Lipinski definition) is 1. The SMILES string of the molecule is CCCCC=CCCC[C@@H](CCCC)OCC(C[N+](C)(C)CCCN)O[C@H](CCCC)CCCC=CCCCC.[Br-]. The number of nitrogens with zero attached hydrogens (tertiary/aromatic N) is 1. The van der Waals surface area contributed by atoms with Gasteiger partial charge in [0.25, 0.3) is 0 Å². The van der Waals surface area contributed by atoms with Crippen LogP contribution in [-0.4, -0.2) is 63.1 Å². The highest BCUT2D eigenvalue weighted by Gasteiger charge is 2.26. The van der Waals surface area contributed by atoms with E-state index in [2.05, 4.69) is 66.1 Å². The molecule has 0 fully saturated rings. The third-order valence-corrected chi connectivity index (χ3v) is 7.90. The predicted molar refractivity (Wildman–Crippen MR) is 178 cm³/mol. The van der Waals surface area contributed by atoms with Crippen LogP contribution in [0.15, 0.2) is 24.3 Å². The highest BCUT2D eigenvalue weighted by Crippen LogP contribution is 2.20. The molecule has 0 rings (SSSR count). The van der Waals surface area contributed by atoms with Crippen LogP contribution in [0.1, 0.15) is 150 Å².